The number of alkyl halides is 2. The molecule has 1 aliphatic heterocycles. The smallest absolute Gasteiger partial charge is 0.264 e. The number of hydrogen-bond donors (Lipinski definition) is 3. The molecule has 0 amide bonds. The predicted octanol–water partition coefficient (Wildman–Crippen LogP) is 3.53. The second-order valence-electron chi connectivity index (χ2n) is 7.78. The van der Waals surface area contributed by atoms with Gasteiger partial charge in [-0.15, -0.1) is 5.10 Å². The first-order chi connectivity index (χ1) is 14.9. The number of rotatable bonds is 4. The van der Waals surface area contributed by atoms with E-state index in [1.165, 1.54) is 16.6 Å². The van der Waals surface area contributed by atoms with Gasteiger partial charge in [0.15, 0.2) is 23.1 Å². The predicted molar refractivity (Wildman–Crippen MR) is 112 cm³/mol. The lowest BCUT2D eigenvalue weighted by Crippen LogP contribution is -2.49. The molecule has 162 valence electrons. The van der Waals surface area contributed by atoms with Gasteiger partial charge in [-0.2, -0.15) is 5.10 Å². The van der Waals surface area contributed by atoms with Crippen molar-refractivity contribution in [1.29, 1.82) is 0 Å². The van der Waals surface area contributed by atoms with Crippen LogP contribution in [0, 0.1) is 12.7 Å². The van der Waals surface area contributed by atoms with Gasteiger partial charge in [-0.25, -0.2) is 22.7 Å². The Morgan fingerprint density at radius 2 is 2.10 bits per heavy atom. The van der Waals surface area contributed by atoms with Gasteiger partial charge in [0.05, 0.1) is 22.8 Å². The Kier molecular flexibility index (Phi) is 4.69. The fourth-order valence-electron chi connectivity index (χ4n) is 4.02. The lowest BCUT2D eigenvalue weighted by Gasteiger charge is -2.34. The molecule has 1 unspecified atom stereocenters. The van der Waals surface area contributed by atoms with Crippen molar-refractivity contribution in [2.24, 2.45) is 0 Å². The summed E-state index contributed by atoms with van der Waals surface area (Å²) in [5, 5.41) is 17.7. The summed E-state index contributed by atoms with van der Waals surface area (Å²) in [6.45, 7) is 6.02. The lowest BCUT2D eigenvalue weighted by molar-refractivity contribution is 0.153. The fourth-order valence-corrected chi connectivity index (χ4v) is 4.02. The van der Waals surface area contributed by atoms with E-state index < -0.39 is 12.2 Å². The van der Waals surface area contributed by atoms with Crippen LogP contribution >= 0.6 is 0 Å². The van der Waals surface area contributed by atoms with Crippen molar-refractivity contribution in [2.75, 3.05) is 29.9 Å². The summed E-state index contributed by atoms with van der Waals surface area (Å²) < 4.78 is 43.7. The standard InChI is InChI=1S/C20H21F3N8/c1-10-8-30(4-3-24-10)12-5-13(18(22)23)17-15(6-12)27-28-19(17)26-16-7-14(21)20-25-11(2)9-31(20)29-16/h5-7,9-10,18,24H,3-4,8H2,1-2H3,(H2,26,27,28,29). The summed E-state index contributed by atoms with van der Waals surface area (Å²) in [7, 11) is 0. The molecule has 0 spiro atoms. The number of hydrogen-bond acceptors (Lipinski definition) is 6. The van der Waals surface area contributed by atoms with Gasteiger partial charge >= 0.3 is 0 Å². The summed E-state index contributed by atoms with van der Waals surface area (Å²) >= 11 is 0. The SMILES string of the molecule is Cc1cn2nc(Nc3n[nH]c4cc(N5CCNC(C)C5)cc(C(F)F)c34)cc(F)c2n1. The quantitative estimate of drug-likeness (QED) is 0.459. The molecule has 0 bridgehead atoms. The van der Waals surface area contributed by atoms with Crippen molar-refractivity contribution in [3.05, 3.63) is 41.5 Å². The minimum atomic E-state index is -2.70. The second kappa shape index (κ2) is 7.41. The van der Waals surface area contributed by atoms with Crippen LogP contribution in [0.5, 0.6) is 0 Å². The molecule has 4 heterocycles. The molecular weight excluding hydrogens is 409 g/mol. The van der Waals surface area contributed by atoms with E-state index in [9.17, 15) is 13.2 Å². The van der Waals surface area contributed by atoms with E-state index >= 15 is 0 Å². The van der Waals surface area contributed by atoms with Gasteiger partial charge in [-0.3, -0.25) is 5.10 Å². The number of fused-ring (bicyclic) bond motifs is 2. The number of aromatic amines is 1. The Balaban J connectivity index is 1.55. The minimum Gasteiger partial charge on any atom is -0.369 e. The third-order valence-corrected chi connectivity index (χ3v) is 5.39. The first kappa shape index (κ1) is 19.6. The molecule has 1 atom stereocenters. The van der Waals surface area contributed by atoms with Crippen LogP contribution in [0.1, 0.15) is 24.6 Å². The van der Waals surface area contributed by atoms with Gasteiger partial charge in [-0.1, -0.05) is 0 Å². The molecule has 1 aliphatic rings. The number of nitrogens with one attached hydrogen (secondary N) is 3. The van der Waals surface area contributed by atoms with Gasteiger partial charge in [0.25, 0.3) is 6.43 Å². The second-order valence-corrected chi connectivity index (χ2v) is 7.78. The van der Waals surface area contributed by atoms with E-state index in [2.05, 4.69) is 42.7 Å². The van der Waals surface area contributed by atoms with Crippen LogP contribution in [-0.2, 0) is 0 Å². The van der Waals surface area contributed by atoms with Crippen molar-refractivity contribution < 1.29 is 13.2 Å². The lowest BCUT2D eigenvalue weighted by atomic mass is 10.1. The first-order valence-corrected chi connectivity index (χ1v) is 9.97. The average Bonchev–Trinajstić information content (AvgIpc) is 3.30. The molecule has 8 nitrogen and oxygen atoms in total. The number of aromatic nitrogens is 5. The maximum absolute atomic E-state index is 14.4. The zero-order valence-electron chi connectivity index (χ0n) is 17.0. The van der Waals surface area contributed by atoms with Crippen LogP contribution in [-0.4, -0.2) is 50.5 Å². The Labute approximate surface area is 175 Å². The van der Waals surface area contributed by atoms with Crippen molar-refractivity contribution in [2.45, 2.75) is 26.3 Å². The van der Waals surface area contributed by atoms with Gasteiger partial charge in [-0.05, 0) is 26.0 Å². The van der Waals surface area contributed by atoms with E-state index in [0.29, 0.717) is 16.9 Å². The van der Waals surface area contributed by atoms with Gasteiger partial charge < -0.3 is 15.5 Å². The molecule has 1 fully saturated rings. The molecule has 3 N–H and O–H groups in total. The Hall–Kier alpha value is -3.34. The van der Waals surface area contributed by atoms with Gasteiger partial charge in [0.1, 0.15) is 0 Å². The molecule has 0 radical (unpaired) electrons. The molecule has 11 heteroatoms. The number of H-pyrrole nitrogens is 1. The van der Waals surface area contributed by atoms with E-state index in [1.807, 2.05) is 6.07 Å². The highest BCUT2D eigenvalue weighted by Gasteiger charge is 2.23. The first-order valence-electron chi connectivity index (χ1n) is 9.97. The topological polar surface area (TPSA) is 86.2 Å². The average molecular weight is 430 g/mol. The van der Waals surface area contributed by atoms with Crippen LogP contribution in [0.4, 0.5) is 30.5 Å². The number of aryl methyl sites for hydroxylation is 1. The largest absolute Gasteiger partial charge is 0.369 e. The maximum Gasteiger partial charge on any atom is 0.264 e. The Bertz CT molecular complexity index is 1260. The van der Waals surface area contributed by atoms with E-state index in [0.717, 1.165) is 19.6 Å². The molecule has 3 aromatic heterocycles. The minimum absolute atomic E-state index is 0.0955. The summed E-state index contributed by atoms with van der Waals surface area (Å²) in [6, 6.07) is 4.75. The number of halogens is 3. The normalized spacial score (nSPS) is 17.2. The van der Waals surface area contributed by atoms with E-state index in [4.69, 9.17) is 0 Å². The molecule has 31 heavy (non-hydrogen) atoms. The maximum atomic E-state index is 14.4. The van der Waals surface area contributed by atoms with Crippen molar-refractivity contribution in [3.63, 3.8) is 0 Å². The highest BCUT2D eigenvalue weighted by molar-refractivity contribution is 5.96. The van der Waals surface area contributed by atoms with Crippen molar-refractivity contribution in [3.8, 4) is 0 Å². The zero-order valence-corrected chi connectivity index (χ0v) is 17.0. The molecule has 1 saturated heterocycles. The highest BCUT2D eigenvalue weighted by atomic mass is 19.3. The number of piperazine rings is 1. The van der Waals surface area contributed by atoms with Gasteiger partial charge in [0.2, 0.25) is 0 Å². The highest BCUT2D eigenvalue weighted by Crippen LogP contribution is 2.36. The van der Waals surface area contributed by atoms with Crippen LogP contribution < -0.4 is 15.5 Å². The number of benzene rings is 1. The van der Waals surface area contributed by atoms with Crippen molar-refractivity contribution >= 4 is 33.9 Å². The summed E-state index contributed by atoms with van der Waals surface area (Å²) in [5.41, 5.74) is 1.75. The van der Waals surface area contributed by atoms with Crippen molar-refractivity contribution in [1.82, 2.24) is 30.1 Å². The molecule has 0 saturated carbocycles. The number of imidazole rings is 1. The molecule has 1 aromatic carbocycles. The van der Waals surface area contributed by atoms with Crippen LogP contribution in [0.15, 0.2) is 24.4 Å². The fraction of sp³-hybridized carbons (Fsp3) is 0.350. The Morgan fingerprint density at radius 1 is 1.26 bits per heavy atom. The van der Waals surface area contributed by atoms with Crippen LogP contribution in [0.25, 0.3) is 16.6 Å². The molecular formula is C20H21F3N8. The van der Waals surface area contributed by atoms with Crippen LogP contribution in [0.2, 0.25) is 0 Å². The monoisotopic (exact) mass is 430 g/mol. The third kappa shape index (κ3) is 3.54. The molecule has 4 aromatic rings. The third-order valence-electron chi connectivity index (χ3n) is 5.39. The number of nitrogens with zero attached hydrogens (tertiary/aromatic N) is 5. The van der Waals surface area contributed by atoms with E-state index in [-0.39, 0.29) is 34.3 Å². The van der Waals surface area contributed by atoms with E-state index in [1.54, 1.807) is 13.1 Å². The summed E-state index contributed by atoms with van der Waals surface area (Å²) in [6.07, 6.45) is -1.12. The van der Waals surface area contributed by atoms with Crippen LogP contribution in [0.3, 0.4) is 0 Å². The Morgan fingerprint density at radius 3 is 2.87 bits per heavy atom. The zero-order chi connectivity index (χ0) is 21.7. The summed E-state index contributed by atoms with van der Waals surface area (Å²) in [5.74, 6) is -0.278. The number of anilines is 3. The van der Waals surface area contributed by atoms with Gasteiger partial charge in [0, 0.05) is 43.0 Å². The molecule has 5 rings (SSSR count). The molecule has 0 aliphatic carbocycles. The summed E-state index contributed by atoms with van der Waals surface area (Å²) in [4.78, 5) is 6.14.